The maximum atomic E-state index is 12.9. The van der Waals surface area contributed by atoms with Crippen LogP contribution >= 0.6 is 0 Å². The molecular formula is C73H130O6. The molecule has 0 aromatic rings. The van der Waals surface area contributed by atoms with Gasteiger partial charge in [-0.25, -0.2) is 0 Å². The fourth-order valence-electron chi connectivity index (χ4n) is 10.1. The Labute approximate surface area is 491 Å². The lowest BCUT2D eigenvalue weighted by atomic mass is 10.0. The molecule has 0 saturated heterocycles. The fourth-order valence-corrected chi connectivity index (χ4v) is 10.1. The molecule has 458 valence electrons. The highest BCUT2D eigenvalue weighted by Gasteiger charge is 2.19. The van der Waals surface area contributed by atoms with Gasteiger partial charge in [0.05, 0.1) is 0 Å². The molecule has 1 unspecified atom stereocenters. The summed E-state index contributed by atoms with van der Waals surface area (Å²) in [5.74, 6) is -0.966. The fraction of sp³-hybridized carbons (Fsp3) is 0.795. The molecule has 0 heterocycles. The van der Waals surface area contributed by atoms with E-state index in [0.29, 0.717) is 19.3 Å². The van der Waals surface area contributed by atoms with Crippen LogP contribution in [0.15, 0.2) is 72.9 Å². The van der Waals surface area contributed by atoms with Crippen LogP contribution in [0.1, 0.15) is 355 Å². The maximum Gasteiger partial charge on any atom is 0.306 e. The Bertz CT molecular complexity index is 1450. The van der Waals surface area contributed by atoms with E-state index in [9.17, 15) is 14.4 Å². The number of esters is 3. The molecule has 0 aliphatic carbocycles. The minimum atomic E-state index is -0.814. The molecule has 0 aromatic heterocycles. The van der Waals surface area contributed by atoms with Gasteiger partial charge in [-0.1, -0.05) is 351 Å². The SMILES string of the molecule is CC/C=C\C/C=C\C/C=C\C/C=C\C/C=C\C/C=C\CCC(=O)OC(COC(=O)CCCCCCCCCCCCCCCC)COC(=O)CCCCCCCCCCCCCCCCCCCCCCCCCCCCCC. The molecule has 0 bridgehead atoms. The van der Waals surface area contributed by atoms with Crippen LogP contribution in [0.25, 0.3) is 0 Å². The molecule has 0 N–H and O–H groups in total. The first-order chi connectivity index (χ1) is 39.0. The van der Waals surface area contributed by atoms with Crippen molar-refractivity contribution in [2.75, 3.05) is 13.2 Å². The second-order valence-electron chi connectivity index (χ2n) is 23.1. The lowest BCUT2D eigenvalue weighted by molar-refractivity contribution is -0.166. The highest BCUT2D eigenvalue weighted by atomic mass is 16.6. The molecule has 0 amide bonds. The van der Waals surface area contributed by atoms with Crippen LogP contribution in [0.5, 0.6) is 0 Å². The van der Waals surface area contributed by atoms with E-state index in [-0.39, 0.29) is 37.5 Å². The van der Waals surface area contributed by atoms with Gasteiger partial charge in [-0.05, 0) is 57.8 Å². The monoisotopic (exact) mass is 1100 g/mol. The van der Waals surface area contributed by atoms with Crippen molar-refractivity contribution in [2.45, 2.75) is 361 Å². The average Bonchev–Trinajstić information content (AvgIpc) is 3.45. The van der Waals surface area contributed by atoms with Gasteiger partial charge in [-0.2, -0.15) is 0 Å². The molecule has 0 fully saturated rings. The number of carbonyl (C=O) groups is 3. The quantitative estimate of drug-likeness (QED) is 0.0261. The number of hydrogen-bond acceptors (Lipinski definition) is 6. The summed E-state index contributed by atoms with van der Waals surface area (Å²) in [5, 5.41) is 0. The third-order valence-corrected chi connectivity index (χ3v) is 15.2. The number of allylic oxidation sites excluding steroid dienone is 12. The smallest absolute Gasteiger partial charge is 0.306 e. The van der Waals surface area contributed by atoms with Crippen molar-refractivity contribution >= 4 is 17.9 Å². The van der Waals surface area contributed by atoms with Gasteiger partial charge >= 0.3 is 17.9 Å². The number of rotatable bonds is 63. The standard InChI is InChI=1S/C73H130O6/c1-4-7-10-13-16-19-22-25-28-30-32-33-34-35-36-37-38-39-40-42-43-45-48-51-54-57-60-63-66-72(75)78-69-70(68-77-71(74)65-62-59-56-53-50-47-27-24-21-18-15-12-9-6-3)79-73(76)67-64-61-58-55-52-49-46-44-41-31-29-26-23-20-17-14-11-8-5-2/h8,11,17,20,26,29,41,44,49,52,58,61,70H,4-7,9-10,12-16,18-19,21-25,27-28,30-40,42-43,45-48,50-51,53-57,59-60,62-69H2,1-3H3/b11-8-,20-17-,29-26-,44-41-,52-49-,61-58-. The summed E-state index contributed by atoms with van der Waals surface area (Å²) in [6, 6.07) is 0. The van der Waals surface area contributed by atoms with E-state index in [4.69, 9.17) is 14.2 Å². The van der Waals surface area contributed by atoms with Gasteiger partial charge < -0.3 is 14.2 Å². The summed E-state index contributed by atoms with van der Waals surface area (Å²) in [7, 11) is 0. The molecule has 0 rings (SSSR count). The molecule has 1 atom stereocenters. The van der Waals surface area contributed by atoms with Crippen molar-refractivity contribution in [2.24, 2.45) is 0 Å². The summed E-state index contributed by atoms with van der Waals surface area (Å²) >= 11 is 0. The van der Waals surface area contributed by atoms with Crippen LogP contribution in [0.2, 0.25) is 0 Å². The zero-order valence-electron chi connectivity index (χ0n) is 52.6. The molecule has 0 aliphatic heterocycles. The zero-order chi connectivity index (χ0) is 57.1. The molecule has 0 spiro atoms. The normalized spacial score (nSPS) is 12.5. The third kappa shape index (κ3) is 65.5. The van der Waals surface area contributed by atoms with E-state index in [1.165, 1.54) is 231 Å². The second-order valence-corrected chi connectivity index (χ2v) is 23.1. The number of unbranched alkanes of at least 4 members (excludes halogenated alkanes) is 40. The number of hydrogen-bond donors (Lipinski definition) is 0. The van der Waals surface area contributed by atoms with E-state index in [1.807, 2.05) is 6.08 Å². The van der Waals surface area contributed by atoms with Crippen molar-refractivity contribution < 1.29 is 28.6 Å². The molecule has 0 aliphatic rings. The summed E-state index contributed by atoms with van der Waals surface area (Å²) in [4.78, 5) is 38.3. The first-order valence-corrected chi connectivity index (χ1v) is 34.4. The van der Waals surface area contributed by atoms with E-state index in [0.717, 1.165) is 77.0 Å². The number of ether oxygens (including phenoxy) is 3. The van der Waals surface area contributed by atoms with Crippen LogP contribution in [0.3, 0.4) is 0 Å². The Kier molecular flexibility index (Phi) is 64.7. The highest BCUT2D eigenvalue weighted by molar-refractivity contribution is 5.71. The van der Waals surface area contributed by atoms with Crippen LogP contribution < -0.4 is 0 Å². The predicted octanol–water partition coefficient (Wildman–Crippen LogP) is 23.7. The van der Waals surface area contributed by atoms with Gasteiger partial charge in [0.1, 0.15) is 13.2 Å². The Morgan fingerprint density at radius 2 is 0.494 bits per heavy atom. The first-order valence-electron chi connectivity index (χ1n) is 34.4. The van der Waals surface area contributed by atoms with Crippen molar-refractivity contribution in [1.82, 2.24) is 0 Å². The molecule has 0 saturated carbocycles. The Morgan fingerprint density at radius 3 is 0.747 bits per heavy atom. The highest BCUT2D eigenvalue weighted by Crippen LogP contribution is 2.18. The van der Waals surface area contributed by atoms with Crippen LogP contribution in [0.4, 0.5) is 0 Å². The summed E-state index contributed by atoms with van der Waals surface area (Å²) in [6.07, 6.45) is 88.1. The van der Waals surface area contributed by atoms with Crippen molar-refractivity contribution in [3.8, 4) is 0 Å². The summed E-state index contributed by atoms with van der Waals surface area (Å²) in [5.41, 5.74) is 0. The van der Waals surface area contributed by atoms with Gasteiger partial charge in [0.2, 0.25) is 0 Å². The topological polar surface area (TPSA) is 78.9 Å². The zero-order valence-corrected chi connectivity index (χ0v) is 52.6. The molecule has 0 aromatic carbocycles. The van der Waals surface area contributed by atoms with E-state index in [1.54, 1.807) is 0 Å². The van der Waals surface area contributed by atoms with Crippen LogP contribution in [-0.4, -0.2) is 37.2 Å². The van der Waals surface area contributed by atoms with Crippen LogP contribution in [-0.2, 0) is 28.6 Å². The second kappa shape index (κ2) is 67.4. The predicted molar refractivity (Wildman–Crippen MR) is 344 cm³/mol. The Hall–Kier alpha value is -3.15. The molecule has 0 radical (unpaired) electrons. The Balaban J connectivity index is 4.30. The van der Waals surface area contributed by atoms with Gasteiger partial charge in [0.15, 0.2) is 6.10 Å². The van der Waals surface area contributed by atoms with Gasteiger partial charge in [-0.15, -0.1) is 0 Å². The van der Waals surface area contributed by atoms with Crippen molar-refractivity contribution in [3.05, 3.63) is 72.9 Å². The molecule has 6 heteroatoms. The minimum Gasteiger partial charge on any atom is -0.462 e. The molecule has 6 nitrogen and oxygen atoms in total. The molecular weight excluding hydrogens is 973 g/mol. The van der Waals surface area contributed by atoms with Crippen molar-refractivity contribution in [3.63, 3.8) is 0 Å². The largest absolute Gasteiger partial charge is 0.462 e. The third-order valence-electron chi connectivity index (χ3n) is 15.2. The maximum absolute atomic E-state index is 12.9. The lowest BCUT2D eigenvalue weighted by Gasteiger charge is -2.18. The van der Waals surface area contributed by atoms with Gasteiger partial charge in [-0.3, -0.25) is 14.4 Å². The Morgan fingerprint density at radius 1 is 0.266 bits per heavy atom. The van der Waals surface area contributed by atoms with E-state index < -0.39 is 6.10 Å². The first kappa shape index (κ1) is 75.8. The van der Waals surface area contributed by atoms with E-state index in [2.05, 4.69) is 87.6 Å². The van der Waals surface area contributed by atoms with Crippen molar-refractivity contribution in [1.29, 1.82) is 0 Å². The minimum absolute atomic E-state index is 0.101. The van der Waals surface area contributed by atoms with E-state index >= 15 is 0 Å². The van der Waals surface area contributed by atoms with Crippen LogP contribution in [0, 0.1) is 0 Å². The summed E-state index contributed by atoms with van der Waals surface area (Å²) < 4.78 is 16.9. The van der Waals surface area contributed by atoms with Gasteiger partial charge in [0.25, 0.3) is 0 Å². The lowest BCUT2D eigenvalue weighted by Crippen LogP contribution is -2.30. The van der Waals surface area contributed by atoms with Gasteiger partial charge in [0, 0.05) is 19.3 Å². The average molecular weight is 1100 g/mol. The number of carbonyl (C=O) groups excluding carboxylic acids is 3. The molecule has 79 heavy (non-hydrogen) atoms. The summed E-state index contributed by atoms with van der Waals surface area (Å²) in [6.45, 7) is 6.52.